The van der Waals surface area contributed by atoms with E-state index in [4.69, 9.17) is 11.6 Å². The molecule has 5 nitrogen and oxygen atoms in total. The lowest BCUT2D eigenvalue weighted by molar-refractivity contribution is 0.0939. The Labute approximate surface area is 190 Å². The van der Waals surface area contributed by atoms with Gasteiger partial charge in [0.25, 0.3) is 5.91 Å². The Morgan fingerprint density at radius 2 is 1.58 bits per heavy atom. The van der Waals surface area contributed by atoms with Gasteiger partial charge in [-0.25, -0.2) is 8.42 Å². The molecule has 31 heavy (non-hydrogen) atoms. The minimum Gasteiger partial charge on any atom is -0.345 e. The number of halogens is 1. The van der Waals surface area contributed by atoms with E-state index >= 15 is 0 Å². The van der Waals surface area contributed by atoms with Crippen LogP contribution in [0.3, 0.4) is 0 Å². The van der Waals surface area contributed by atoms with Crippen molar-refractivity contribution in [3.05, 3.63) is 63.2 Å². The second-order valence-electron chi connectivity index (χ2n) is 8.45. The Balaban J connectivity index is 1.86. The Morgan fingerprint density at radius 1 is 0.968 bits per heavy atom. The van der Waals surface area contributed by atoms with Gasteiger partial charge in [0.1, 0.15) is 0 Å². The van der Waals surface area contributed by atoms with Crippen molar-refractivity contribution in [3.8, 4) is 0 Å². The SMILES string of the molecule is Cc1cc(C)c([C@@H](C)NC(=O)c2cc(S(=O)(=O)N3CCCCCC3)ccc2Cl)cc1C. The molecule has 0 spiro atoms. The van der Waals surface area contributed by atoms with Crippen molar-refractivity contribution < 1.29 is 13.2 Å². The first kappa shape index (κ1) is 23.8. The van der Waals surface area contributed by atoms with Crippen LogP contribution in [-0.2, 0) is 10.0 Å². The quantitative estimate of drug-likeness (QED) is 0.653. The number of carbonyl (C=O) groups excluding carboxylic acids is 1. The zero-order valence-corrected chi connectivity index (χ0v) is 20.2. The number of sulfonamides is 1. The molecule has 0 radical (unpaired) electrons. The average molecular weight is 463 g/mol. The van der Waals surface area contributed by atoms with Crippen LogP contribution in [0.5, 0.6) is 0 Å². The third-order valence-corrected chi connectivity index (χ3v) is 8.31. The number of aryl methyl sites for hydroxylation is 3. The Kier molecular flexibility index (Phi) is 7.45. The van der Waals surface area contributed by atoms with Gasteiger partial charge in [-0.3, -0.25) is 4.79 Å². The van der Waals surface area contributed by atoms with Gasteiger partial charge in [-0.1, -0.05) is 36.6 Å². The van der Waals surface area contributed by atoms with E-state index in [-0.39, 0.29) is 27.4 Å². The number of hydrogen-bond acceptors (Lipinski definition) is 3. The van der Waals surface area contributed by atoms with E-state index < -0.39 is 10.0 Å². The van der Waals surface area contributed by atoms with Gasteiger partial charge in [0.2, 0.25) is 10.0 Å². The molecule has 0 unspecified atom stereocenters. The number of hydrogen-bond donors (Lipinski definition) is 1. The van der Waals surface area contributed by atoms with Crippen LogP contribution < -0.4 is 5.32 Å². The van der Waals surface area contributed by atoms with Crippen molar-refractivity contribution in [2.45, 2.75) is 64.3 Å². The summed E-state index contributed by atoms with van der Waals surface area (Å²) >= 11 is 6.29. The minimum atomic E-state index is -3.66. The van der Waals surface area contributed by atoms with E-state index in [1.807, 2.05) is 20.8 Å². The van der Waals surface area contributed by atoms with Crippen molar-refractivity contribution >= 4 is 27.5 Å². The van der Waals surface area contributed by atoms with E-state index in [1.165, 1.54) is 28.1 Å². The molecule has 1 aliphatic rings. The molecular formula is C24H31ClN2O3S. The molecule has 3 rings (SSSR count). The van der Waals surface area contributed by atoms with Gasteiger partial charge in [0, 0.05) is 13.1 Å². The molecule has 0 saturated carbocycles. The zero-order chi connectivity index (χ0) is 22.8. The summed E-state index contributed by atoms with van der Waals surface area (Å²) in [6.07, 6.45) is 3.78. The predicted octanol–water partition coefficient (Wildman–Crippen LogP) is 5.32. The fourth-order valence-corrected chi connectivity index (χ4v) is 5.82. The van der Waals surface area contributed by atoms with Crippen LogP contribution in [0.1, 0.15) is 71.3 Å². The molecule has 1 heterocycles. The number of rotatable bonds is 5. The van der Waals surface area contributed by atoms with E-state index in [2.05, 4.69) is 24.4 Å². The average Bonchev–Trinajstić information content (AvgIpc) is 3.01. The van der Waals surface area contributed by atoms with Gasteiger partial charge in [0.05, 0.1) is 21.5 Å². The third kappa shape index (κ3) is 5.30. The molecule has 0 aromatic heterocycles. The van der Waals surface area contributed by atoms with Gasteiger partial charge in [-0.05, 0) is 81.0 Å². The maximum absolute atomic E-state index is 13.1. The Morgan fingerprint density at radius 3 is 2.23 bits per heavy atom. The summed E-state index contributed by atoms with van der Waals surface area (Å²) in [6, 6.07) is 8.32. The topological polar surface area (TPSA) is 66.5 Å². The molecular weight excluding hydrogens is 432 g/mol. The van der Waals surface area contributed by atoms with Gasteiger partial charge >= 0.3 is 0 Å². The van der Waals surface area contributed by atoms with Crippen LogP contribution in [-0.4, -0.2) is 31.7 Å². The molecule has 1 atom stereocenters. The Hall–Kier alpha value is -1.89. The number of nitrogens with one attached hydrogen (secondary N) is 1. The van der Waals surface area contributed by atoms with Gasteiger partial charge in [-0.15, -0.1) is 0 Å². The summed E-state index contributed by atoms with van der Waals surface area (Å²) in [5, 5.41) is 3.21. The van der Waals surface area contributed by atoms with Gasteiger partial charge < -0.3 is 5.32 Å². The minimum absolute atomic E-state index is 0.110. The van der Waals surface area contributed by atoms with E-state index in [9.17, 15) is 13.2 Å². The summed E-state index contributed by atoms with van der Waals surface area (Å²) in [7, 11) is -3.66. The largest absolute Gasteiger partial charge is 0.345 e. The number of benzene rings is 2. The van der Waals surface area contributed by atoms with Crippen LogP contribution in [0.25, 0.3) is 0 Å². The molecule has 1 N–H and O–H groups in total. The lowest BCUT2D eigenvalue weighted by Crippen LogP contribution is -2.32. The zero-order valence-electron chi connectivity index (χ0n) is 18.7. The fraction of sp³-hybridized carbons (Fsp3) is 0.458. The fourth-order valence-electron chi connectivity index (χ4n) is 4.07. The number of nitrogens with zero attached hydrogens (tertiary/aromatic N) is 1. The molecule has 1 fully saturated rings. The van der Waals surface area contributed by atoms with Crippen LogP contribution in [0.4, 0.5) is 0 Å². The highest BCUT2D eigenvalue weighted by atomic mass is 35.5. The summed E-state index contributed by atoms with van der Waals surface area (Å²) in [6.45, 7) is 9.06. The van der Waals surface area contributed by atoms with Crippen LogP contribution in [0, 0.1) is 20.8 Å². The van der Waals surface area contributed by atoms with Crippen LogP contribution in [0.15, 0.2) is 35.2 Å². The summed E-state index contributed by atoms with van der Waals surface area (Å²) in [5.41, 5.74) is 4.66. The monoisotopic (exact) mass is 462 g/mol. The van der Waals surface area contributed by atoms with Crippen molar-refractivity contribution in [2.24, 2.45) is 0 Å². The first-order valence-electron chi connectivity index (χ1n) is 10.8. The van der Waals surface area contributed by atoms with E-state index in [1.54, 1.807) is 0 Å². The van der Waals surface area contributed by atoms with Crippen LogP contribution >= 0.6 is 11.6 Å². The maximum Gasteiger partial charge on any atom is 0.253 e. The molecule has 0 bridgehead atoms. The molecule has 1 aliphatic heterocycles. The second kappa shape index (κ2) is 9.72. The lowest BCUT2D eigenvalue weighted by atomic mass is 9.96. The Bertz CT molecular complexity index is 1070. The van der Waals surface area contributed by atoms with E-state index in [0.29, 0.717) is 13.1 Å². The van der Waals surface area contributed by atoms with Gasteiger partial charge in [-0.2, -0.15) is 4.31 Å². The summed E-state index contributed by atoms with van der Waals surface area (Å²) in [5.74, 6) is -0.386. The standard InChI is InChI=1S/C24H31ClN2O3S/c1-16-13-18(3)21(14-17(16)2)19(4)26-24(28)22-15-20(9-10-23(22)25)31(29,30)27-11-7-5-6-8-12-27/h9-10,13-15,19H,5-8,11-12H2,1-4H3,(H,26,28)/t19-/m1/s1. The molecule has 2 aromatic carbocycles. The molecule has 168 valence electrons. The smallest absolute Gasteiger partial charge is 0.253 e. The molecule has 1 amide bonds. The maximum atomic E-state index is 13.1. The summed E-state index contributed by atoms with van der Waals surface area (Å²) in [4.78, 5) is 13.1. The first-order valence-corrected chi connectivity index (χ1v) is 12.6. The second-order valence-corrected chi connectivity index (χ2v) is 10.8. The van der Waals surface area contributed by atoms with Gasteiger partial charge in [0.15, 0.2) is 0 Å². The summed E-state index contributed by atoms with van der Waals surface area (Å²) < 4.78 is 27.8. The van der Waals surface area contributed by atoms with Crippen molar-refractivity contribution in [3.63, 3.8) is 0 Å². The lowest BCUT2D eigenvalue weighted by Gasteiger charge is -2.21. The van der Waals surface area contributed by atoms with Crippen molar-refractivity contribution in [1.82, 2.24) is 9.62 Å². The highest BCUT2D eigenvalue weighted by molar-refractivity contribution is 7.89. The molecule has 2 aromatic rings. The highest BCUT2D eigenvalue weighted by Crippen LogP contribution is 2.26. The number of carbonyl (C=O) groups is 1. The molecule has 0 aliphatic carbocycles. The van der Waals surface area contributed by atoms with Crippen LogP contribution in [0.2, 0.25) is 5.02 Å². The molecule has 1 saturated heterocycles. The number of amides is 1. The third-order valence-electron chi connectivity index (χ3n) is 6.08. The van der Waals surface area contributed by atoms with Crippen molar-refractivity contribution in [1.29, 1.82) is 0 Å². The normalized spacial score (nSPS) is 16.5. The molecule has 7 heteroatoms. The predicted molar refractivity (Wildman–Crippen MR) is 125 cm³/mol. The van der Waals surface area contributed by atoms with Crippen molar-refractivity contribution in [2.75, 3.05) is 13.1 Å². The first-order chi connectivity index (χ1) is 14.6. The van der Waals surface area contributed by atoms with E-state index in [0.717, 1.165) is 42.4 Å². The highest BCUT2D eigenvalue weighted by Gasteiger charge is 2.27.